The average molecular weight is 360 g/mol. The minimum absolute atomic E-state index is 0.0935. The van der Waals surface area contributed by atoms with E-state index in [4.69, 9.17) is 0 Å². The number of benzene rings is 1. The van der Waals surface area contributed by atoms with Crippen molar-refractivity contribution in [2.75, 3.05) is 10.6 Å². The molecular weight excluding hydrogens is 344 g/mol. The predicted molar refractivity (Wildman–Crippen MR) is 101 cm³/mol. The zero-order valence-corrected chi connectivity index (χ0v) is 14.7. The van der Waals surface area contributed by atoms with Crippen molar-refractivity contribution in [3.05, 3.63) is 41.3 Å². The number of anilines is 3. The van der Waals surface area contributed by atoms with Gasteiger partial charge in [-0.05, 0) is 37.1 Å². The fraction of sp³-hybridized carbons (Fsp3) is 0.167. The Kier molecular flexibility index (Phi) is 3.23. The van der Waals surface area contributed by atoms with Gasteiger partial charge in [0.2, 0.25) is 5.91 Å². The fourth-order valence-corrected chi connectivity index (χ4v) is 3.21. The first-order valence-electron chi connectivity index (χ1n) is 8.50. The number of aromatic amines is 2. The number of amides is 1. The molecule has 0 bridgehead atoms. The number of aryl methyl sites for hydroxylation is 2. The summed E-state index contributed by atoms with van der Waals surface area (Å²) in [6, 6.07) is 4.14. The predicted octanol–water partition coefficient (Wildman–Crippen LogP) is 2.60. The Hall–Kier alpha value is -3.75. The SMILES string of the molecule is Cc1cc2nc(-c3[nH]ncc3Nc3ncnc4c3CC(=O)N4)[nH]c2cc1C. The van der Waals surface area contributed by atoms with Gasteiger partial charge in [-0.15, -0.1) is 0 Å². The number of carbonyl (C=O) groups excluding carboxylic acids is 1. The number of carbonyl (C=O) groups is 1. The van der Waals surface area contributed by atoms with E-state index in [1.54, 1.807) is 6.20 Å². The number of hydrogen-bond acceptors (Lipinski definition) is 6. The standard InChI is InChI=1S/C18H16N8O/c1-8-3-11-12(4-9(8)2)23-18(22-11)15-13(6-21-26-15)24-16-10-5-14(27)25-17(10)20-7-19-16/h3-4,6-7H,5H2,1-2H3,(H,21,26)(H,22,23)(H2,19,20,24,25,27). The second-order valence-corrected chi connectivity index (χ2v) is 6.60. The van der Waals surface area contributed by atoms with Gasteiger partial charge in [-0.2, -0.15) is 5.10 Å². The smallest absolute Gasteiger partial charge is 0.230 e. The summed E-state index contributed by atoms with van der Waals surface area (Å²) in [4.78, 5) is 28.0. The lowest BCUT2D eigenvalue weighted by molar-refractivity contribution is -0.115. The Labute approximate surface area is 153 Å². The summed E-state index contributed by atoms with van der Waals surface area (Å²) < 4.78 is 0. The molecule has 134 valence electrons. The van der Waals surface area contributed by atoms with Crippen molar-refractivity contribution in [1.29, 1.82) is 0 Å². The van der Waals surface area contributed by atoms with Crippen molar-refractivity contribution >= 4 is 34.3 Å². The number of rotatable bonds is 3. The normalized spacial score (nSPS) is 13.0. The van der Waals surface area contributed by atoms with E-state index < -0.39 is 0 Å². The number of nitrogens with zero attached hydrogens (tertiary/aromatic N) is 4. The van der Waals surface area contributed by atoms with E-state index in [9.17, 15) is 4.79 Å². The maximum atomic E-state index is 11.7. The summed E-state index contributed by atoms with van der Waals surface area (Å²) in [7, 11) is 0. The van der Waals surface area contributed by atoms with E-state index in [1.807, 2.05) is 0 Å². The number of fused-ring (bicyclic) bond motifs is 2. The van der Waals surface area contributed by atoms with Gasteiger partial charge in [0.1, 0.15) is 23.7 Å². The summed E-state index contributed by atoms with van der Waals surface area (Å²) in [5, 5.41) is 13.1. The molecule has 9 heteroatoms. The highest BCUT2D eigenvalue weighted by atomic mass is 16.1. The second-order valence-electron chi connectivity index (χ2n) is 6.60. The molecule has 5 rings (SSSR count). The van der Waals surface area contributed by atoms with Gasteiger partial charge in [-0.25, -0.2) is 15.0 Å². The Balaban J connectivity index is 1.54. The monoisotopic (exact) mass is 360 g/mol. The first-order chi connectivity index (χ1) is 13.1. The highest BCUT2D eigenvalue weighted by Gasteiger charge is 2.24. The topological polar surface area (TPSA) is 124 Å². The summed E-state index contributed by atoms with van der Waals surface area (Å²) in [5.74, 6) is 1.69. The molecule has 0 spiro atoms. The molecule has 4 heterocycles. The molecular formula is C18H16N8O. The molecule has 27 heavy (non-hydrogen) atoms. The average Bonchev–Trinajstić information content (AvgIpc) is 3.33. The summed E-state index contributed by atoms with van der Waals surface area (Å²) in [6.07, 6.45) is 3.33. The first-order valence-corrected chi connectivity index (χ1v) is 8.50. The quantitative estimate of drug-likeness (QED) is 0.445. The third-order valence-corrected chi connectivity index (χ3v) is 4.77. The summed E-state index contributed by atoms with van der Waals surface area (Å²) >= 11 is 0. The maximum absolute atomic E-state index is 11.7. The van der Waals surface area contributed by atoms with Crippen LogP contribution in [0.1, 0.15) is 16.7 Å². The Morgan fingerprint density at radius 3 is 2.89 bits per heavy atom. The van der Waals surface area contributed by atoms with Crippen LogP contribution >= 0.6 is 0 Å². The molecule has 4 N–H and O–H groups in total. The number of nitrogens with one attached hydrogen (secondary N) is 4. The summed E-state index contributed by atoms with van der Waals surface area (Å²) in [6.45, 7) is 4.14. The van der Waals surface area contributed by atoms with Crippen LogP contribution in [0.4, 0.5) is 17.3 Å². The first kappa shape index (κ1) is 15.5. The van der Waals surface area contributed by atoms with E-state index >= 15 is 0 Å². The van der Waals surface area contributed by atoms with Crippen LogP contribution in [0.3, 0.4) is 0 Å². The third kappa shape index (κ3) is 2.51. The van der Waals surface area contributed by atoms with Crippen LogP contribution in [0.2, 0.25) is 0 Å². The van der Waals surface area contributed by atoms with Crippen molar-refractivity contribution in [1.82, 2.24) is 30.1 Å². The van der Waals surface area contributed by atoms with Gasteiger partial charge in [0.05, 0.1) is 29.3 Å². The zero-order chi connectivity index (χ0) is 18.5. The number of hydrogen-bond donors (Lipinski definition) is 4. The lowest BCUT2D eigenvalue weighted by Gasteiger charge is -2.07. The molecule has 0 saturated heterocycles. The van der Waals surface area contributed by atoms with Gasteiger partial charge in [-0.1, -0.05) is 0 Å². The van der Waals surface area contributed by atoms with Crippen LogP contribution in [0, 0.1) is 13.8 Å². The number of imidazole rings is 1. The van der Waals surface area contributed by atoms with Gasteiger partial charge in [0.25, 0.3) is 0 Å². The lowest BCUT2D eigenvalue weighted by atomic mass is 10.1. The van der Waals surface area contributed by atoms with Crippen molar-refractivity contribution in [2.45, 2.75) is 20.3 Å². The molecule has 1 aromatic carbocycles. The van der Waals surface area contributed by atoms with E-state index in [2.05, 4.69) is 66.7 Å². The van der Waals surface area contributed by atoms with Crippen molar-refractivity contribution in [3.63, 3.8) is 0 Å². The minimum atomic E-state index is -0.0935. The third-order valence-electron chi connectivity index (χ3n) is 4.77. The molecule has 0 atom stereocenters. The summed E-state index contributed by atoms with van der Waals surface area (Å²) in [5.41, 5.74) is 6.42. The van der Waals surface area contributed by atoms with Crippen LogP contribution in [-0.2, 0) is 11.2 Å². The van der Waals surface area contributed by atoms with Crippen molar-refractivity contribution in [3.8, 4) is 11.5 Å². The molecule has 3 aromatic heterocycles. The Morgan fingerprint density at radius 2 is 2.00 bits per heavy atom. The van der Waals surface area contributed by atoms with E-state index in [-0.39, 0.29) is 12.3 Å². The molecule has 0 aliphatic carbocycles. The highest BCUT2D eigenvalue weighted by molar-refractivity contribution is 6.00. The molecule has 0 fully saturated rings. The van der Waals surface area contributed by atoms with Gasteiger partial charge in [0.15, 0.2) is 5.82 Å². The van der Waals surface area contributed by atoms with Crippen molar-refractivity contribution in [2.24, 2.45) is 0 Å². The van der Waals surface area contributed by atoms with Crippen LogP contribution in [0.5, 0.6) is 0 Å². The number of aromatic nitrogens is 6. The van der Waals surface area contributed by atoms with E-state index in [1.165, 1.54) is 17.5 Å². The zero-order valence-electron chi connectivity index (χ0n) is 14.7. The van der Waals surface area contributed by atoms with Gasteiger partial charge >= 0.3 is 0 Å². The fourth-order valence-electron chi connectivity index (χ4n) is 3.21. The number of H-pyrrole nitrogens is 2. The molecule has 9 nitrogen and oxygen atoms in total. The van der Waals surface area contributed by atoms with E-state index in [0.29, 0.717) is 28.8 Å². The molecule has 1 aliphatic rings. The molecule has 1 aliphatic heterocycles. The molecule has 1 amide bonds. The second kappa shape index (κ2) is 5.63. The largest absolute Gasteiger partial charge is 0.337 e. The van der Waals surface area contributed by atoms with E-state index in [0.717, 1.165) is 16.6 Å². The Bertz CT molecular complexity index is 1170. The van der Waals surface area contributed by atoms with Gasteiger partial charge < -0.3 is 15.6 Å². The van der Waals surface area contributed by atoms with Crippen LogP contribution in [0.25, 0.3) is 22.6 Å². The van der Waals surface area contributed by atoms with Gasteiger partial charge in [-0.3, -0.25) is 9.89 Å². The molecule has 0 unspecified atom stereocenters. The van der Waals surface area contributed by atoms with Crippen LogP contribution in [-0.4, -0.2) is 36.0 Å². The maximum Gasteiger partial charge on any atom is 0.230 e. The minimum Gasteiger partial charge on any atom is -0.337 e. The molecule has 0 radical (unpaired) electrons. The lowest BCUT2D eigenvalue weighted by Crippen LogP contribution is -2.04. The highest BCUT2D eigenvalue weighted by Crippen LogP contribution is 2.32. The molecule has 4 aromatic rings. The molecule has 0 saturated carbocycles. The Morgan fingerprint density at radius 1 is 1.15 bits per heavy atom. The van der Waals surface area contributed by atoms with Crippen molar-refractivity contribution < 1.29 is 4.79 Å². The van der Waals surface area contributed by atoms with Crippen LogP contribution in [0.15, 0.2) is 24.7 Å². The van der Waals surface area contributed by atoms with Gasteiger partial charge in [0, 0.05) is 5.56 Å². The van der Waals surface area contributed by atoms with Crippen LogP contribution < -0.4 is 10.6 Å².